The number of aryl methyl sites for hydroxylation is 1. The zero-order valence-electron chi connectivity index (χ0n) is 15.4. The fraction of sp³-hybridized carbons (Fsp3) is 0.450. The summed E-state index contributed by atoms with van der Waals surface area (Å²) < 4.78 is 1.75. The van der Waals surface area contributed by atoms with Crippen LogP contribution in [0.5, 0.6) is 0 Å². The van der Waals surface area contributed by atoms with Crippen molar-refractivity contribution >= 4 is 11.7 Å². The Balaban J connectivity index is 1.90. The van der Waals surface area contributed by atoms with Crippen LogP contribution in [0.2, 0.25) is 0 Å². The van der Waals surface area contributed by atoms with Gasteiger partial charge >= 0.3 is 0 Å². The Morgan fingerprint density at radius 1 is 1.31 bits per heavy atom. The van der Waals surface area contributed by atoms with Crippen LogP contribution in [0, 0.1) is 0 Å². The largest absolute Gasteiger partial charge is 0.346 e. The molecule has 3 heterocycles. The first-order valence-electron chi connectivity index (χ1n) is 9.15. The molecule has 0 aliphatic carbocycles. The van der Waals surface area contributed by atoms with Gasteiger partial charge in [-0.25, -0.2) is 0 Å². The van der Waals surface area contributed by atoms with Gasteiger partial charge in [-0.3, -0.25) is 14.6 Å². The van der Waals surface area contributed by atoms with Gasteiger partial charge in [0.1, 0.15) is 5.69 Å². The average molecular weight is 354 g/mol. The molecule has 0 aromatic carbocycles. The van der Waals surface area contributed by atoms with E-state index >= 15 is 0 Å². The Morgan fingerprint density at radius 3 is 2.85 bits per heavy atom. The number of carbonyl (C=O) groups excluding carboxylic acids is 2. The lowest BCUT2D eigenvalue weighted by molar-refractivity contribution is 0.0632. The van der Waals surface area contributed by atoms with Crippen LogP contribution in [-0.4, -0.2) is 45.3 Å². The third-order valence-corrected chi connectivity index (χ3v) is 4.94. The van der Waals surface area contributed by atoms with Crippen molar-refractivity contribution in [1.82, 2.24) is 19.8 Å². The molecule has 6 heteroatoms. The van der Waals surface area contributed by atoms with E-state index < -0.39 is 0 Å². The van der Waals surface area contributed by atoms with Gasteiger partial charge in [-0.2, -0.15) is 0 Å². The highest BCUT2D eigenvalue weighted by molar-refractivity contribution is 5.99. The molecular weight excluding hydrogens is 328 g/mol. The number of pyridine rings is 1. The lowest BCUT2D eigenvalue weighted by Crippen LogP contribution is -2.41. The summed E-state index contributed by atoms with van der Waals surface area (Å²) in [6.45, 7) is 3.89. The number of aromatic nitrogens is 2. The fourth-order valence-electron chi connectivity index (χ4n) is 3.46. The zero-order valence-corrected chi connectivity index (χ0v) is 15.4. The Hall–Kier alpha value is -2.47. The van der Waals surface area contributed by atoms with Gasteiger partial charge in [-0.1, -0.05) is 6.07 Å². The van der Waals surface area contributed by atoms with Crippen molar-refractivity contribution < 1.29 is 9.59 Å². The molecule has 0 saturated carbocycles. The monoisotopic (exact) mass is 354 g/mol. The summed E-state index contributed by atoms with van der Waals surface area (Å²) in [7, 11) is 1.81. The molecule has 26 heavy (non-hydrogen) atoms. The highest BCUT2D eigenvalue weighted by Crippen LogP contribution is 2.20. The van der Waals surface area contributed by atoms with Crippen molar-refractivity contribution in [3.63, 3.8) is 0 Å². The van der Waals surface area contributed by atoms with E-state index in [4.69, 9.17) is 0 Å². The van der Waals surface area contributed by atoms with E-state index in [9.17, 15) is 9.59 Å². The number of nitrogens with one attached hydrogen (secondary N) is 1. The van der Waals surface area contributed by atoms with Gasteiger partial charge in [-0.15, -0.1) is 0 Å². The number of rotatable bonds is 5. The summed E-state index contributed by atoms with van der Waals surface area (Å²) in [4.78, 5) is 31.4. The number of Topliss-reactive ketones (excluding diaryl/α,β-unsaturated/α-hetero) is 1. The lowest BCUT2D eigenvalue weighted by atomic mass is 10.1. The molecule has 6 nitrogen and oxygen atoms in total. The van der Waals surface area contributed by atoms with Gasteiger partial charge in [0.2, 0.25) is 0 Å². The number of ketones is 1. The van der Waals surface area contributed by atoms with E-state index in [0.29, 0.717) is 17.8 Å². The second-order valence-corrected chi connectivity index (χ2v) is 6.87. The third-order valence-electron chi connectivity index (χ3n) is 4.94. The summed E-state index contributed by atoms with van der Waals surface area (Å²) in [5.41, 5.74) is 1.98. The van der Waals surface area contributed by atoms with Crippen molar-refractivity contribution in [2.75, 3.05) is 13.1 Å². The van der Waals surface area contributed by atoms with Gasteiger partial charge in [0.25, 0.3) is 5.91 Å². The Morgan fingerprint density at radius 2 is 2.15 bits per heavy atom. The Kier molecular flexibility index (Phi) is 5.83. The fourth-order valence-corrected chi connectivity index (χ4v) is 3.46. The van der Waals surface area contributed by atoms with Crippen molar-refractivity contribution in [1.29, 1.82) is 0 Å². The minimum atomic E-state index is -0.0439. The maximum absolute atomic E-state index is 13.4. The number of carbonyl (C=O) groups is 2. The van der Waals surface area contributed by atoms with Crippen LogP contribution >= 0.6 is 0 Å². The van der Waals surface area contributed by atoms with E-state index in [0.717, 1.165) is 38.0 Å². The van der Waals surface area contributed by atoms with E-state index in [1.165, 1.54) is 6.92 Å². The van der Waals surface area contributed by atoms with Crippen molar-refractivity contribution in [3.05, 3.63) is 53.6 Å². The third kappa shape index (κ3) is 4.19. The number of hydrogen-bond acceptors (Lipinski definition) is 4. The highest BCUT2D eigenvalue weighted by atomic mass is 16.2. The lowest BCUT2D eigenvalue weighted by Gasteiger charge is -2.31. The van der Waals surface area contributed by atoms with Crippen molar-refractivity contribution in [2.24, 2.45) is 7.05 Å². The van der Waals surface area contributed by atoms with E-state index in [-0.39, 0.29) is 17.7 Å². The molecule has 2 aromatic heterocycles. The maximum Gasteiger partial charge on any atom is 0.271 e. The van der Waals surface area contributed by atoms with Crippen molar-refractivity contribution in [2.45, 2.75) is 38.8 Å². The topological polar surface area (TPSA) is 67.2 Å². The maximum atomic E-state index is 13.4. The van der Waals surface area contributed by atoms with E-state index in [1.54, 1.807) is 23.0 Å². The molecule has 1 fully saturated rings. The minimum Gasteiger partial charge on any atom is -0.346 e. The summed E-state index contributed by atoms with van der Waals surface area (Å²) in [5.74, 6) is -0.0767. The molecule has 0 spiro atoms. The smallest absolute Gasteiger partial charge is 0.271 e. The number of nitrogens with zero attached hydrogens (tertiary/aromatic N) is 3. The average Bonchev–Trinajstić information content (AvgIpc) is 2.85. The standard InChI is InChI=1S/C20H26N4O2/c1-15(25)16-12-19(23(2)13-16)20(26)24(14-17-6-3-4-10-22-17)18-7-5-9-21-11-8-18/h3-4,6,10,12-13,18,21H,5,7-9,11,14H2,1-2H3. The van der Waals surface area contributed by atoms with Gasteiger partial charge in [0.15, 0.2) is 5.78 Å². The van der Waals surface area contributed by atoms with Crippen LogP contribution < -0.4 is 5.32 Å². The Bertz CT molecular complexity index is 761. The van der Waals surface area contributed by atoms with Gasteiger partial charge in [0.05, 0.1) is 12.2 Å². The van der Waals surface area contributed by atoms with E-state index in [1.807, 2.05) is 30.1 Å². The zero-order chi connectivity index (χ0) is 18.5. The second-order valence-electron chi connectivity index (χ2n) is 6.87. The molecule has 1 unspecified atom stereocenters. The molecule has 1 amide bonds. The van der Waals surface area contributed by atoms with Gasteiger partial charge in [-0.05, 0) is 57.5 Å². The van der Waals surface area contributed by atoms with Crippen molar-refractivity contribution in [3.8, 4) is 0 Å². The van der Waals surface area contributed by atoms with Crippen LogP contribution in [0.1, 0.15) is 52.7 Å². The first-order chi connectivity index (χ1) is 12.6. The Labute approximate surface area is 154 Å². The summed E-state index contributed by atoms with van der Waals surface area (Å²) >= 11 is 0. The van der Waals surface area contributed by atoms with Crippen LogP contribution in [0.4, 0.5) is 0 Å². The first kappa shape index (κ1) is 18.3. The van der Waals surface area contributed by atoms with Crippen LogP contribution in [0.3, 0.4) is 0 Å². The molecule has 1 aliphatic heterocycles. The van der Waals surface area contributed by atoms with Crippen LogP contribution in [0.25, 0.3) is 0 Å². The summed E-state index contributed by atoms with van der Waals surface area (Å²) in [6, 6.07) is 7.62. The molecule has 1 saturated heterocycles. The van der Waals surface area contributed by atoms with E-state index in [2.05, 4.69) is 10.3 Å². The molecule has 1 atom stereocenters. The molecule has 3 rings (SSSR count). The summed E-state index contributed by atoms with van der Waals surface area (Å²) in [6.07, 6.45) is 6.41. The quantitative estimate of drug-likeness (QED) is 0.838. The van der Waals surface area contributed by atoms with Crippen LogP contribution in [0.15, 0.2) is 36.7 Å². The van der Waals surface area contributed by atoms with Gasteiger partial charge in [0, 0.05) is 31.0 Å². The predicted molar refractivity (Wildman–Crippen MR) is 100 cm³/mol. The normalized spacial score (nSPS) is 17.5. The molecule has 138 valence electrons. The molecule has 1 N–H and O–H groups in total. The molecule has 0 radical (unpaired) electrons. The molecule has 1 aliphatic rings. The summed E-state index contributed by atoms with van der Waals surface area (Å²) in [5, 5.41) is 3.40. The number of hydrogen-bond donors (Lipinski definition) is 1. The van der Waals surface area contributed by atoms with Gasteiger partial charge < -0.3 is 14.8 Å². The molecule has 2 aromatic rings. The highest BCUT2D eigenvalue weighted by Gasteiger charge is 2.28. The molecular formula is C20H26N4O2. The SMILES string of the molecule is CC(=O)c1cc(C(=O)N(Cc2ccccn2)C2CCCNCC2)n(C)c1. The second kappa shape index (κ2) is 8.27. The first-order valence-corrected chi connectivity index (χ1v) is 9.15. The molecule has 0 bridgehead atoms. The van der Waals surface area contributed by atoms with Crippen LogP contribution in [-0.2, 0) is 13.6 Å². The number of amides is 1. The predicted octanol–water partition coefficient (Wildman–Crippen LogP) is 2.41. The minimum absolute atomic E-state index is 0.0328.